The number of hydrogen-bond donors (Lipinski definition) is 1. The number of benzene rings is 1. The minimum Gasteiger partial charge on any atom is -0.497 e. The van der Waals surface area contributed by atoms with Gasteiger partial charge in [-0.25, -0.2) is 9.97 Å². The molecule has 2 rings (SSSR count). The van der Waals surface area contributed by atoms with Gasteiger partial charge in [0.05, 0.1) is 24.8 Å². The van der Waals surface area contributed by atoms with Crippen LogP contribution in [0.1, 0.15) is 5.56 Å². The van der Waals surface area contributed by atoms with Gasteiger partial charge in [-0.05, 0) is 33.6 Å². The van der Waals surface area contributed by atoms with E-state index < -0.39 is 0 Å². The second-order valence-electron chi connectivity index (χ2n) is 4.05. The number of nitrogens with zero attached hydrogens (tertiary/aromatic N) is 2. The number of anilines is 1. The first-order valence-corrected chi connectivity index (χ1v) is 6.99. The molecule has 0 spiro atoms. The summed E-state index contributed by atoms with van der Waals surface area (Å²) in [5, 5.41) is 3.09. The van der Waals surface area contributed by atoms with Gasteiger partial charge in [0.1, 0.15) is 5.75 Å². The molecule has 0 aliphatic heterocycles. The molecule has 106 valence electrons. The fourth-order valence-electron chi connectivity index (χ4n) is 1.55. The molecule has 0 bridgehead atoms. The summed E-state index contributed by atoms with van der Waals surface area (Å²) in [4.78, 5) is 8.23. The van der Waals surface area contributed by atoms with Crippen LogP contribution in [-0.2, 0) is 11.3 Å². The normalized spacial score (nSPS) is 10.3. The molecule has 1 aromatic heterocycles. The summed E-state index contributed by atoms with van der Waals surface area (Å²) in [6.45, 7) is 1.83. The van der Waals surface area contributed by atoms with E-state index in [0.717, 1.165) is 15.8 Å². The highest BCUT2D eigenvalue weighted by Crippen LogP contribution is 2.11. The number of methoxy groups -OCH3 is 1. The van der Waals surface area contributed by atoms with Crippen molar-refractivity contribution in [1.82, 2.24) is 9.97 Å². The molecule has 0 fully saturated rings. The second-order valence-corrected chi connectivity index (χ2v) is 4.97. The molecule has 1 N–H and O–H groups in total. The molecule has 0 amide bonds. The molecule has 0 atom stereocenters. The fourth-order valence-corrected chi connectivity index (χ4v) is 1.76. The van der Waals surface area contributed by atoms with Crippen molar-refractivity contribution in [3.05, 3.63) is 46.7 Å². The number of rotatable bonds is 7. The van der Waals surface area contributed by atoms with Crippen LogP contribution in [0.3, 0.4) is 0 Å². The van der Waals surface area contributed by atoms with Gasteiger partial charge in [0, 0.05) is 18.9 Å². The van der Waals surface area contributed by atoms with Crippen LogP contribution in [0, 0.1) is 0 Å². The summed E-state index contributed by atoms with van der Waals surface area (Å²) in [5.41, 5.74) is 1.12. The number of hydrogen-bond acceptors (Lipinski definition) is 5. The van der Waals surface area contributed by atoms with Gasteiger partial charge >= 0.3 is 0 Å². The number of ether oxygens (including phenoxy) is 2. The van der Waals surface area contributed by atoms with Crippen molar-refractivity contribution < 1.29 is 9.47 Å². The largest absolute Gasteiger partial charge is 0.497 e. The lowest BCUT2D eigenvalue weighted by Crippen LogP contribution is -2.11. The maximum absolute atomic E-state index is 5.57. The van der Waals surface area contributed by atoms with Gasteiger partial charge in [-0.1, -0.05) is 12.1 Å². The first-order valence-electron chi connectivity index (χ1n) is 6.20. The van der Waals surface area contributed by atoms with E-state index in [1.165, 1.54) is 0 Å². The van der Waals surface area contributed by atoms with Crippen molar-refractivity contribution in [3.63, 3.8) is 0 Å². The third-order valence-corrected chi connectivity index (χ3v) is 2.99. The molecule has 0 radical (unpaired) electrons. The van der Waals surface area contributed by atoms with Gasteiger partial charge < -0.3 is 14.8 Å². The Bertz CT molecular complexity index is 517. The Morgan fingerprint density at radius 3 is 2.50 bits per heavy atom. The molecular weight excluding hydrogens is 322 g/mol. The molecule has 1 aromatic carbocycles. The zero-order valence-electron chi connectivity index (χ0n) is 11.2. The quantitative estimate of drug-likeness (QED) is 0.787. The van der Waals surface area contributed by atoms with Crippen molar-refractivity contribution >= 4 is 21.9 Å². The Kier molecular flexibility index (Phi) is 5.76. The number of nitrogens with one attached hydrogen (secondary N) is 1. The number of aromatic nitrogens is 2. The van der Waals surface area contributed by atoms with E-state index in [2.05, 4.69) is 31.2 Å². The average molecular weight is 338 g/mol. The summed E-state index contributed by atoms with van der Waals surface area (Å²) < 4.78 is 11.5. The van der Waals surface area contributed by atoms with E-state index in [4.69, 9.17) is 9.47 Å². The molecule has 2 aromatic rings. The predicted molar refractivity (Wildman–Crippen MR) is 80.9 cm³/mol. The van der Waals surface area contributed by atoms with Crippen LogP contribution < -0.4 is 10.1 Å². The van der Waals surface area contributed by atoms with Crippen LogP contribution in [0.4, 0.5) is 5.95 Å². The summed E-state index contributed by atoms with van der Waals surface area (Å²) >= 11 is 3.29. The van der Waals surface area contributed by atoms with E-state index in [-0.39, 0.29) is 0 Å². The molecule has 0 aliphatic rings. The van der Waals surface area contributed by atoms with Crippen LogP contribution in [-0.4, -0.2) is 30.2 Å². The van der Waals surface area contributed by atoms with E-state index in [0.29, 0.717) is 25.7 Å². The lowest BCUT2D eigenvalue weighted by molar-refractivity contribution is 0.130. The van der Waals surface area contributed by atoms with Crippen LogP contribution >= 0.6 is 15.9 Å². The standard InChI is InChI=1S/C14H16BrN3O2/c1-19-13-4-2-11(3-5-13)10-20-7-6-16-14-17-8-12(15)9-18-14/h2-5,8-9H,6-7,10H2,1H3,(H,16,17,18). The van der Waals surface area contributed by atoms with Crippen molar-refractivity contribution in [2.45, 2.75) is 6.61 Å². The lowest BCUT2D eigenvalue weighted by atomic mass is 10.2. The Balaban J connectivity index is 1.64. The molecule has 0 saturated heterocycles. The Labute approximate surface area is 126 Å². The first kappa shape index (κ1) is 14.7. The van der Waals surface area contributed by atoms with Gasteiger partial charge in [-0.2, -0.15) is 0 Å². The Morgan fingerprint density at radius 2 is 1.85 bits per heavy atom. The first-order chi connectivity index (χ1) is 9.78. The molecule has 0 unspecified atom stereocenters. The lowest BCUT2D eigenvalue weighted by Gasteiger charge is -2.07. The molecule has 6 heteroatoms. The zero-order valence-corrected chi connectivity index (χ0v) is 12.8. The van der Waals surface area contributed by atoms with E-state index in [1.54, 1.807) is 19.5 Å². The maximum Gasteiger partial charge on any atom is 0.222 e. The van der Waals surface area contributed by atoms with Crippen molar-refractivity contribution in [3.8, 4) is 5.75 Å². The molecular formula is C14H16BrN3O2. The maximum atomic E-state index is 5.57. The predicted octanol–water partition coefficient (Wildman–Crippen LogP) is 2.88. The van der Waals surface area contributed by atoms with Crippen molar-refractivity contribution in [2.24, 2.45) is 0 Å². The Morgan fingerprint density at radius 1 is 1.15 bits per heavy atom. The van der Waals surface area contributed by atoms with Gasteiger partial charge in [-0.15, -0.1) is 0 Å². The molecule has 20 heavy (non-hydrogen) atoms. The minimum atomic E-state index is 0.576. The van der Waals surface area contributed by atoms with Crippen molar-refractivity contribution in [2.75, 3.05) is 25.6 Å². The number of halogens is 1. The molecule has 5 nitrogen and oxygen atoms in total. The van der Waals surface area contributed by atoms with Gasteiger partial charge in [0.2, 0.25) is 5.95 Å². The van der Waals surface area contributed by atoms with Crippen LogP contribution in [0.25, 0.3) is 0 Å². The molecule has 1 heterocycles. The monoisotopic (exact) mass is 337 g/mol. The highest BCUT2D eigenvalue weighted by atomic mass is 79.9. The summed E-state index contributed by atoms with van der Waals surface area (Å²) in [7, 11) is 1.65. The van der Waals surface area contributed by atoms with E-state index in [9.17, 15) is 0 Å². The van der Waals surface area contributed by atoms with Gasteiger partial charge in [-0.3, -0.25) is 0 Å². The van der Waals surface area contributed by atoms with Crippen LogP contribution in [0.15, 0.2) is 41.1 Å². The molecule has 0 saturated carbocycles. The van der Waals surface area contributed by atoms with E-state index in [1.807, 2.05) is 24.3 Å². The van der Waals surface area contributed by atoms with Gasteiger partial charge in [0.25, 0.3) is 0 Å². The highest BCUT2D eigenvalue weighted by Gasteiger charge is 1.97. The molecule has 0 aliphatic carbocycles. The summed E-state index contributed by atoms with van der Waals surface area (Å²) in [6, 6.07) is 7.83. The van der Waals surface area contributed by atoms with Crippen LogP contribution in [0.2, 0.25) is 0 Å². The Hall–Kier alpha value is -1.66. The topological polar surface area (TPSA) is 56.3 Å². The van der Waals surface area contributed by atoms with Gasteiger partial charge in [0.15, 0.2) is 0 Å². The summed E-state index contributed by atoms with van der Waals surface area (Å²) in [5.74, 6) is 1.45. The SMILES string of the molecule is COc1ccc(COCCNc2ncc(Br)cn2)cc1. The summed E-state index contributed by atoms with van der Waals surface area (Å²) in [6.07, 6.45) is 3.40. The third kappa shape index (κ3) is 4.79. The third-order valence-electron chi connectivity index (χ3n) is 2.58. The smallest absolute Gasteiger partial charge is 0.222 e. The second kappa shape index (κ2) is 7.81. The fraction of sp³-hybridized carbons (Fsp3) is 0.286. The van der Waals surface area contributed by atoms with Crippen molar-refractivity contribution in [1.29, 1.82) is 0 Å². The average Bonchev–Trinajstić information content (AvgIpc) is 2.49. The highest BCUT2D eigenvalue weighted by molar-refractivity contribution is 9.10. The zero-order chi connectivity index (χ0) is 14.2. The van der Waals surface area contributed by atoms with Crippen LogP contribution in [0.5, 0.6) is 5.75 Å². The van der Waals surface area contributed by atoms with E-state index >= 15 is 0 Å². The minimum absolute atomic E-state index is 0.576.